The Kier molecular flexibility index (Phi) is 5.73. The van der Waals surface area contributed by atoms with Gasteiger partial charge in [-0.05, 0) is 30.7 Å². The van der Waals surface area contributed by atoms with E-state index in [4.69, 9.17) is 4.74 Å². The molecule has 1 heterocycles. The van der Waals surface area contributed by atoms with Gasteiger partial charge in [-0.15, -0.1) is 0 Å². The van der Waals surface area contributed by atoms with Crippen LogP contribution in [0, 0.1) is 0 Å². The van der Waals surface area contributed by atoms with Gasteiger partial charge in [0.1, 0.15) is 11.6 Å². The maximum Gasteiger partial charge on any atom is 0.128 e. The number of nitrogens with one attached hydrogen (secondary N) is 1. The maximum absolute atomic E-state index is 5.74. The summed E-state index contributed by atoms with van der Waals surface area (Å²) in [5.41, 5.74) is 1.15. The van der Waals surface area contributed by atoms with Crippen LogP contribution in [-0.2, 0) is 0 Å². The summed E-state index contributed by atoms with van der Waals surface area (Å²) < 4.78 is 5.74. The predicted molar refractivity (Wildman–Crippen MR) is 80.1 cm³/mol. The van der Waals surface area contributed by atoms with Crippen LogP contribution in [0.1, 0.15) is 44.6 Å². The van der Waals surface area contributed by atoms with Gasteiger partial charge in [0.25, 0.3) is 0 Å². The van der Waals surface area contributed by atoms with Gasteiger partial charge >= 0.3 is 0 Å². The third kappa shape index (κ3) is 4.58. The third-order valence-corrected chi connectivity index (χ3v) is 3.32. The molecule has 0 saturated carbocycles. The van der Waals surface area contributed by atoms with Crippen LogP contribution >= 0.6 is 0 Å². The molecule has 0 aliphatic carbocycles. The van der Waals surface area contributed by atoms with Crippen molar-refractivity contribution in [1.29, 1.82) is 0 Å². The van der Waals surface area contributed by atoms with Gasteiger partial charge in [-0.25, -0.2) is 0 Å². The number of benzene rings is 1. The molecule has 0 unspecified atom stereocenters. The lowest BCUT2D eigenvalue weighted by Crippen LogP contribution is -2.19. The molecule has 0 bridgehead atoms. The second kappa shape index (κ2) is 7.82. The van der Waals surface area contributed by atoms with E-state index in [1.807, 2.05) is 12.1 Å². The molecule has 104 valence electrons. The first-order chi connectivity index (χ1) is 9.40. The minimum atomic E-state index is 0.822. The standard InChI is InChI=1S/C16H24N2O/c1-2-3-4-5-6-13-19-15-9-7-14(8-10-15)16-17-11-12-18-16/h7-10H,2-6,11-13H2,1H3,(H,17,18). The fourth-order valence-corrected chi connectivity index (χ4v) is 2.20. The molecule has 1 aromatic carbocycles. The molecule has 0 saturated heterocycles. The largest absolute Gasteiger partial charge is 0.494 e. The summed E-state index contributed by atoms with van der Waals surface area (Å²) >= 11 is 0. The second-order valence-corrected chi connectivity index (χ2v) is 4.94. The highest BCUT2D eigenvalue weighted by molar-refractivity contribution is 5.99. The summed E-state index contributed by atoms with van der Waals surface area (Å²) in [6.45, 7) is 4.89. The van der Waals surface area contributed by atoms with E-state index in [9.17, 15) is 0 Å². The predicted octanol–water partition coefficient (Wildman–Crippen LogP) is 3.39. The number of rotatable bonds is 8. The molecule has 0 spiro atoms. The lowest BCUT2D eigenvalue weighted by molar-refractivity contribution is 0.304. The smallest absolute Gasteiger partial charge is 0.128 e. The first-order valence-corrected chi connectivity index (χ1v) is 7.41. The highest BCUT2D eigenvalue weighted by atomic mass is 16.5. The van der Waals surface area contributed by atoms with Crippen LogP contribution < -0.4 is 10.1 Å². The summed E-state index contributed by atoms with van der Waals surface area (Å²) in [6, 6.07) is 8.21. The Morgan fingerprint density at radius 2 is 1.89 bits per heavy atom. The minimum Gasteiger partial charge on any atom is -0.494 e. The molecule has 3 heteroatoms. The van der Waals surface area contributed by atoms with Crippen molar-refractivity contribution in [1.82, 2.24) is 5.32 Å². The van der Waals surface area contributed by atoms with E-state index in [2.05, 4.69) is 29.4 Å². The van der Waals surface area contributed by atoms with Crippen molar-refractivity contribution in [2.75, 3.05) is 19.7 Å². The van der Waals surface area contributed by atoms with Gasteiger partial charge in [0.15, 0.2) is 0 Å². The zero-order valence-corrected chi connectivity index (χ0v) is 11.8. The lowest BCUT2D eigenvalue weighted by atomic mass is 10.2. The molecule has 0 amide bonds. The molecule has 1 aliphatic heterocycles. The number of amidine groups is 1. The summed E-state index contributed by atoms with van der Waals surface area (Å²) in [6.07, 6.45) is 6.37. The summed E-state index contributed by atoms with van der Waals surface area (Å²) in [5.74, 6) is 1.96. The molecule has 0 radical (unpaired) electrons. The molecule has 0 fully saturated rings. The fraction of sp³-hybridized carbons (Fsp3) is 0.562. The van der Waals surface area contributed by atoms with Crippen LogP contribution in [0.2, 0.25) is 0 Å². The molecule has 0 aromatic heterocycles. The van der Waals surface area contributed by atoms with Crippen molar-refractivity contribution >= 4 is 5.84 Å². The van der Waals surface area contributed by atoms with E-state index in [0.29, 0.717) is 0 Å². The van der Waals surface area contributed by atoms with Crippen molar-refractivity contribution < 1.29 is 4.74 Å². The number of hydrogen-bond acceptors (Lipinski definition) is 3. The van der Waals surface area contributed by atoms with Gasteiger partial charge in [-0.3, -0.25) is 4.99 Å². The van der Waals surface area contributed by atoms with Crippen LogP contribution in [0.3, 0.4) is 0 Å². The van der Waals surface area contributed by atoms with Gasteiger partial charge in [0.2, 0.25) is 0 Å². The van der Waals surface area contributed by atoms with Crippen LogP contribution in [-0.4, -0.2) is 25.5 Å². The first kappa shape index (κ1) is 13.9. The lowest BCUT2D eigenvalue weighted by Gasteiger charge is -2.07. The molecule has 1 N–H and O–H groups in total. The van der Waals surface area contributed by atoms with Gasteiger partial charge in [0, 0.05) is 12.1 Å². The molecule has 1 aromatic rings. The maximum atomic E-state index is 5.74. The van der Waals surface area contributed by atoms with E-state index >= 15 is 0 Å². The first-order valence-electron chi connectivity index (χ1n) is 7.41. The topological polar surface area (TPSA) is 33.6 Å². The van der Waals surface area contributed by atoms with E-state index in [1.165, 1.54) is 25.7 Å². The molecule has 2 rings (SSSR count). The molecular formula is C16H24N2O. The minimum absolute atomic E-state index is 0.822. The highest BCUT2D eigenvalue weighted by Crippen LogP contribution is 2.14. The normalized spacial score (nSPS) is 14.1. The zero-order valence-electron chi connectivity index (χ0n) is 11.8. The van der Waals surface area contributed by atoms with Crippen LogP contribution in [0.15, 0.2) is 29.3 Å². The average molecular weight is 260 g/mol. The second-order valence-electron chi connectivity index (χ2n) is 4.94. The van der Waals surface area contributed by atoms with Crippen LogP contribution in [0.25, 0.3) is 0 Å². The Bertz CT molecular complexity index is 398. The molecule has 1 aliphatic rings. The Labute approximate surface area is 116 Å². The van der Waals surface area contributed by atoms with Crippen molar-refractivity contribution in [3.63, 3.8) is 0 Å². The van der Waals surface area contributed by atoms with Crippen molar-refractivity contribution in [3.8, 4) is 5.75 Å². The van der Waals surface area contributed by atoms with Gasteiger partial charge < -0.3 is 10.1 Å². The Morgan fingerprint density at radius 1 is 1.11 bits per heavy atom. The average Bonchev–Trinajstić information content (AvgIpc) is 2.97. The zero-order chi connectivity index (χ0) is 13.3. The molecule has 3 nitrogen and oxygen atoms in total. The number of aliphatic imine (C=N–C) groups is 1. The van der Waals surface area contributed by atoms with Crippen LogP contribution in [0.5, 0.6) is 5.75 Å². The Hall–Kier alpha value is -1.51. The Balaban J connectivity index is 1.70. The number of unbranched alkanes of at least 4 members (excludes halogenated alkanes) is 4. The number of ether oxygens (including phenoxy) is 1. The quantitative estimate of drug-likeness (QED) is 0.727. The van der Waals surface area contributed by atoms with Crippen molar-refractivity contribution in [3.05, 3.63) is 29.8 Å². The summed E-state index contributed by atoms with van der Waals surface area (Å²) in [7, 11) is 0. The molecule has 0 atom stereocenters. The SMILES string of the molecule is CCCCCCCOc1ccc(C2=NCCN2)cc1. The van der Waals surface area contributed by atoms with E-state index in [0.717, 1.165) is 43.3 Å². The van der Waals surface area contributed by atoms with Gasteiger partial charge in [0.05, 0.1) is 13.2 Å². The van der Waals surface area contributed by atoms with E-state index in [1.54, 1.807) is 0 Å². The summed E-state index contributed by atoms with van der Waals surface area (Å²) in [5, 5.41) is 3.27. The Morgan fingerprint density at radius 3 is 2.58 bits per heavy atom. The highest BCUT2D eigenvalue weighted by Gasteiger charge is 2.07. The third-order valence-electron chi connectivity index (χ3n) is 3.32. The van der Waals surface area contributed by atoms with E-state index < -0.39 is 0 Å². The van der Waals surface area contributed by atoms with E-state index in [-0.39, 0.29) is 0 Å². The molecular weight excluding hydrogens is 236 g/mol. The van der Waals surface area contributed by atoms with Crippen LogP contribution in [0.4, 0.5) is 0 Å². The van der Waals surface area contributed by atoms with Gasteiger partial charge in [-0.2, -0.15) is 0 Å². The van der Waals surface area contributed by atoms with Crippen molar-refractivity contribution in [2.24, 2.45) is 4.99 Å². The van der Waals surface area contributed by atoms with Gasteiger partial charge in [-0.1, -0.05) is 32.6 Å². The monoisotopic (exact) mass is 260 g/mol. The van der Waals surface area contributed by atoms with Crippen molar-refractivity contribution in [2.45, 2.75) is 39.0 Å². The number of nitrogens with zero attached hydrogens (tertiary/aromatic N) is 1. The number of hydrogen-bond donors (Lipinski definition) is 1. The summed E-state index contributed by atoms with van der Waals surface area (Å²) in [4.78, 5) is 4.40. The molecule has 19 heavy (non-hydrogen) atoms. The fourth-order valence-electron chi connectivity index (χ4n) is 2.20.